The summed E-state index contributed by atoms with van der Waals surface area (Å²) in [6, 6.07) is 7.80. The second-order valence-corrected chi connectivity index (χ2v) is 7.49. The highest BCUT2D eigenvalue weighted by Crippen LogP contribution is 2.34. The summed E-state index contributed by atoms with van der Waals surface area (Å²) >= 11 is 1.29. The third-order valence-electron chi connectivity index (χ3n) is 4.67. The molecule has 27 heavy (non-hydrogen) atoms. The quantitative estimate of drug-likeness (QED) is 0.692. The van der Waals surface area contributed by atoms with Gasteiger partial charge < -0.3 is 10.2 Å². The summed E-state index contributed by atoms with van der Waals surface area (Å²) in [5.41, 5.74) is 1.85. The normalized spacial score (nSPS) is 14.1. The molecule has 0 saturated carbocycles. The number of nitriles is 1. The molecule has 0 atom stereocenters. The van der Waals surface area contributed by atoms with E-state index in [-0.39, 0.29) is 11.8 Å². The van der Waals surface area contributed by atoms with Crippen LogP contribution in [0.4, 0.5) is 14.2 Å². The first-order valence-electron chi connectivity index (χ1n) is 9.22. The molecule has 1 aromatic carbocycles. The van der Waals surface area contributed by atoms with Gasteiger partial charge >= 0.3 is 6.03 Å². The Morgan fingerprint density at radius 2 is 1.96 bits per heavy atom. The van der Waals surface area contributed by atoms with E-state index < -0.39 is 0 Å². The Kier molecular flexibility index (Phi) is 6.80. The lowest BCUT2D eigenvalue weighted by Crippen LogP contribution is -2.30. The fourth-order valence-electron chi connectivity index (χ4n) is 3.22. The molecular formula is C20H23FN4OS. The van der Waals surface area contributed by atoms with Crippen LogP contribution in [0.25, 0.3) is 11.1 Å². The van der Waals surface area contributed by atoms with Gasteiger partial charge in [0.25, 0.3) is 0 Å². The van der Waals surface area contributed by atoms with Gasteiger partial charge in [0.1, 0.15) is 16.9 Å². The van der Waals surface area contributed by atoms with Crippen LogP contribution in [0.1, 0.15) is 31.2 Å². The monoisotopic (exact) mass is 386 g/mol. The van der Waals surface area contributed by atoms with Crippen molar-refractivity contribution in [1.29, 1.82) is 5.26 Å². The number of amides is 2. The van der Waals surface area contributed by atoms with E-state index in [0.717, 1.165) is 24.9 Å². The van der Waals surface area contributed by atoms with E-state index in [1.807, 2.05) is 0 Å². The molecule has 0 aliphatic carbocycles. The van der Waals surface area contributed by atoms with Crippen molar-refractivity contribution in [3.63, 3.8) is 0 Å². The first-order chi connectivity index (χ1) is 13.2. The van der Waals surface area contributed by atoms with Gasteiger partial charge in [0.05, 0.1) is 5.56 Å². The minimum atomic E-state index is -0.324. The van der Waals surface area contributed by atoms with Gasteiger partial charge in [-0.25, -0.2) is 9.18 Å². The number of nitrogens with one attached hydrogen (secondary N) is 2. The molecule has 5 nitrogen and oxygen atoms in total. The number of hydrogen-bond acceptors (Lipinski definition) is 4. The zero-order valence-corrected chi connectivity index (χ0v) is 15.9. The van der Waals surface area contributed by atoms with E-state index >= 15 is 0 Å². The number of nitrogens with zero attached hydrogens (tertiary/aromatic N) is 2. The number of benzene rings is 1. The van der Waals surface area contributed by atoms with Crippen LogP contribution in [0.5, 0.6) is 0 Å². The Labute approximate surface area is 162 Å². The average Bonchev–Trinajstić information content (AvgIpc) is 3.32. The fraction of sp³-hybridized carbons (Fsp3) is 0.400. The standard InChI is InChI=1S/C20H23FN4OS/c21-16-7-5-15(6-8-16)18-14-27-19(17(18)13-22)24-20(26)23-9-1-2-10-25-11-3-4-12-25/h5-8,14H,1-4,9-12H2,(H2,23,24,26). The maximum Gasteiger partial charge on any atom is 0.319 e. The van der Waals surface area contributed by atoms with Gasteiger partial charge in [-0.2, -0.15) is 5.26 Å². The van der Waals surface area contributed by atoms with Gasteiger partial charge in [0.15, 0.2) is 0 Å². The van der Waals surface area contributed by atoms with Crippen LogP contribution in [0.3, 0.4) is 0 Å². The van der Waals surface area contributed by atoms with Gasteiger partial charge in [0, 0.05) is 17.5 Å². The number of rotatable bonds is 7. The SMILES string of the molecule is N#Cc1c(-c2ccc(F)cc2)csc1NC(=O)NCCCCN1CCCC1. The van der Waals surface area contributed by atoms with E-state index in [1.54, 1.807) is 17.5 Å². The summed E-state index contributed by atoms with van der Waals surface area (Å²) in [5.74, 6) is -0.324. The fourth-order valence-corrected chi connectivity index (χ4v) is 4.13. The van der Waals surface area contributed by atoms with Crippen LogP contribution in [-0.2, 0) is 0 Å². The van der Waals surface area contributed by atoms with Crippen molar-refractivity contribution in [3.05, 3.63) is 41.0 Å². The predicted molar refractivity (Wildman–Crippen MR) is 106 cm³/mol. The molecule has 0 bridgehead atoms. The van der Waals surface area contributed by atoms with Crippen molar-refractivity contribution < 1.29 is 9.18 Å². The molecule has 1 aromatic heterocycles. The van der Waals surface area contributed by atoms with Crippen molar-refractivity contribution in [2.24, 2.45) is 0 Å². The number of carbonyl (C=O) groups excluding carboxylic acids is 1. The number of thiophene rings is 1. The summed E-state index contributed by atoms with van der Waals surface area (Å²) in [6.45, 7) is 4.09. The zero-order valence-electron chi connectivity index (χ0n) is 15.1. The Hall–Kier alpha value is -2.43. The van der Waals surface area contributed by atoms with Crippen molar-refractivity contribution in [2.75, 3.05) is 31.5 Å². The van der Waals surface area contributed by atoms with Crippen molar-refractivity contribution >= 4 is 22.4 Å². The van der Waals surface area contributed by atoms with Gasteiger partial charge in [0.2, 0.25) is 0 Å². The minimum Gasteiger partial charge on any atom is -0.338 e. The smallest absolute Gasteiger partial charge is 0.319 e. The molecule has 1 fully saturated rings. The predicted octanol–water partition coefficient (Wildman–Crippen LogP) is 4.42. The summed E-state index contributed by atoms with van der Waals surface area (Å²) in [5, 5.41) is 17.4. The highest BCUT2D eigenvalue weighted by atomic mass is 32.1. The first kappa shape index (κ1) is 19.3. The second kappa shape index (κ2) is 9.49. The number of halogens is 1. The number of hydrogen-bond donors (Lipinski definition) is 2. The molecule has 1 aliphatic rings. The number of unbranched alkanes of at least 4 members (excludes halogenated alkanes) is 1. The van der Waals surface area contributed by atoms with E-state index in [2.05, 4.69) is 21.6 Å². The molecule has 2 N–H and O–H groups in total. The summed E-state index contributed by atoms with van der Waals surface area (Å²) in [6.07, 6.45) is 4.59. The van der Waals surface area contributed by atoms with Crippen LogP contribution in [0, 0.1) is 17.1 Å². The molecule has 2 heterocycles. The molecule has 0 radical (unpaired) electrons. The topological polar surface area (TPSA) is 68.2 Å². The van der Waals surface area contributed by atoms with Gasteiger partial charge in [-0.3, -0.25) is 5.32 Å². The van der Waals surface area contributed by atoms with E-state index in [0.29, 0.717) is 22.7 Å². The molecule has 0 spiro atoms. The van der Waals surface area contributed by atoms with Crippen LogP contribution >= 0.6 is 11.3 Å². The number of anilines is 1. The third kappa shape index (κ3) is 5.28. The summed E-state index contributed by atoms with van der Waals surface area (Å²) < 4.78 is 13.1. The molecule has 2 aromatic rings. The molecule has 0 unspecified atom stereocenters. The molecule has 2 amide bonds. The molecular weight excluding hydrogens is 363 g/mol. The zero-order chi connectivity index (χ0) is 19.1. The Balaban J connectivity index is 1.49. The van der Waals surface area contributed by atoms with E-state index in [1.165, 1.54) is 49.4 Å². The van der Waals surface area contributed by atoms with Crippen LogP contribution < -0.4 is 10.6 Å². The third-order valence-corrected chi connectivity index (χ3v) is 5.57. The molecule has 1 aliphatic heterocycles. The van der Waals surface area contributed by atoms with Crippen LogP contribution in [0.2, 0.25) is 0 Å². The molecule has 3 rings (SSSR count). The summed E-state index contributed by atoms with van der Waals surface area (Å²) in [4.78, 5) is 14.6. The van der Waals surface area contributed by atoms with Crippen molar-refractivity contribution in [3.8, 4) is 17.2 Å². The van der Waals surface area contributed by atoms with Gasteiger partial charge in [-0.05, 0) is 63.0 Å². The maximum atomic E-state index is 13.1. The average molecular weight is 386 g/mol. The lowest BCUT2D eigenvalue weighted by molar-refractivity contribution is 0.251. The lowest BCUT2D eigenvalue weighted by Gasteiger charge is -2.14. The molecule has 142 valence electrons. The molecule has 7 heteroatoms. The Bertz CT molecular complexity index is 806. The Morgan fingerprint density at radius 3 is 2.67 bits per heavy atom. The highest BCUT2D eigenvalue weighted by molar-refractivity contribution is 7.15. The van der Waals surface area contributed by atoms with Crippen molar-refractivity contribution in [1.82, 2.24) is 10.2 Å². The first-order valence-corrected chi connectivity index (χ1v) is 10.1. The molecule has 1 saturated heterocycles. The second-order valence-electron chi connectivity index (χ2n) is 6.61. The van der Waals surface area contributed by atoms with Crippen molar-refractivity contribution in [2.45, 2.75) is 25.7 Å². The van der Waals surface area contributed by atoms with Gasteiger partial charge in [-0.15, -0.1) is 11.3 Å². The van der Waals surface area contributed by atoms with Crippen LogP contribution in [0.15, 0.2) is 29.6 Å². The van der Waals surface area contributed by atoms with Crippen LogP contribution in [-0.4, -0.2) is 37.1 Å². The number of urea groups is 1. The van der Waals surface area contributed by atoms with Gasteiger partial charge in [-0.1, -0.05) is 12.1 Å². The largest absolute Gasteiger partial charge is 0.338 e. The Morgan fingerprint density at radius 1 is 1.22 bits per heavy atom. The number of likely N-dealkylation sites (tertiary alicyclic amines) is 1. The van der Waals surface area contributed by atoms with E-state index in [9.17, 15) is 14.4 Å². The number of carbonyl (C=O) groups is 1. The minimum absolute atomic E-state index is 0.305. The highest BCUT2D eigenvalue weighted by Gasteiger charge is 2.15. The summed E-state index contributed by atoms with van der Waals surface area (Å²) in [7, 11) is 0. The van der Waals surface area contributed by atoms with E-state index in [4.69, 9.17) is 0 Å². The maximum absolute atomic E-state index is 13.1. The lowest BCUT2D eigenvalue weighted by atomic mass is 10.1.